The lowest BCUT2D eigenvalue weighted by Crippen LogP contribution is -2.60. The third-order valence-corrected chi connectivity index (χ3v) is 10.6. The summed E-state index contributed by atoms with van der Waals surface area (Å²) in [6.07, 6.45) is 7.66. The van der Waals surface area contributed by atoms with Crippen LogP contribution in [0.5, 0.6) is 0 Å². The van der Waals surface area contributed by atoms with Crippen molar-refractivity contribution in [3.05, 3.63) is 0 Å². The largest absolute Gasteiger partial charge is 0.460 e. The molecule has 2 fully saturated rings. The molecule has 6 atom stereocenters. The lowest BCUT2D eigenvalue weighted by Gasteiger charge is -2.36. The lowest BCUT2D eigenvalue weighted by molar-refractivity contribution is -0.158. The molecule has 0 spiro atoms. The normalized spacial score (nSPS) is 18.1. The van der Waals surface area contributed by atoms with Crippen molar-refractivity contribution >= 4 is 41.4 Å². The summed E-state index contributed by atoms with van der Waals surface area (Å²) in [5.74, 6) is -5.16. The minimum atomic E-state index is -1.09. The van der Waals surface area contributed by atoms with Crippen LogP contribution in [0.2, 0.25) is 0 Å². The first-order valence-electron chi connectivity index (χ1n) is 19.9. The Bertz CT molecular complexity index is 1260. The van der Waals surface area contributed by atoms with E-state index in [0.29, 0.717) is 45.2 Å². The van der Waals surface area contributed by atoms with Gasteiger partial charge < -0.3 is 47.7 Å². The van der Waals surface area contributed by atoms with Crippen LogP contribution in [-0.2, 0) is 38.3 Å². The van der Waals surface area contributed by atoms with E-state index in [0.717, 1.165) is 38.5 Å². The molecule has 6 amide bonds. The molecule has 0 radical (unpaired) electrons. The molecule has 1 aliphatic carbocycles. The summed E-state index contributed by atoms with van der Waals surface area (Å²) in [5.41, 5.74) is 11.1. The van der Waals surface area contributed by atoms with E-state index >= 15 is 0 Å². The molecule has 9 N–H and O–H groups in total. The Kier molecular flexibility index (Phi) is 20.5. The van der Waals surface area contributed by atoms with Gasteiger partial charge in [-0.05, 0) is 43.9 Å². The fraction of sp³-hybridized carbons (Fsp3) is 0.816. The van der Waals surface area contributed by atoms with E-state index in [2.05, 4.69) is 33.5 Å². The fourth-order valence-corrected chi connectivity index (χ4v) is 6.84. The molecule has 1 saturated carbocycles. The maximum atomic E-state index is 14.1. The Morgan fingerprint density at radius 1 is 0.870 bits per heavy atom. The SMILES string of the molecule is CCCCCC[C@H](OC(=O)CNC(=O)[C@@H](C)CNC(=O)C1CNC1)[C@@H](C)C(=O)N(C)[C@@H](CC(C)C)C(=O)N[C@H](C(=O)N[C@@H](CN)C(N)=O)C1CCCCC1. The molecule has 0 bridgehead atoms. The number of hydrogen-bond donors (Lipinski definition) is 7. The lowest BCUT2D eigenvalue weighted by atomic mass is 9.83. The van der Waals surface area contributed by atoms with E-state index in [-0.39, 0.29) is 36.8 Å². The predicted molar refractivity (Wildman–Crippen MR) is 204 cm³/mol. The quantitative estimate of drug-likeness (QED) is 0.0529. The van der Waals surface area contributed by atoms with Crippen molar-refractivity contribution in [2.24, 2.45) is 41.1 Å². The Hall–Kier alpha value is -3.79. The standard InChI is InChI=1S/C38H68N8O8/c1-7-8-9-13-16-30(54-31(47)22-43-34(49)24(4)19-42-35(50)27-20-41-21-27)25(5)38(53)46(6)29(17-23(2)3)36(51)45-32(26-14-11-10-12-15-26)37(52)44-28(18-39)33(40)48/h23-30,32,41H,7-22,39H2,1-6H3,(H2,40,48)(H,42,50)(H,43,49)(H,44,52)(H,45,51)/t24-,25+,28-,29-,30-,32-/m0/s1. The van der Waals surface area contributed by atoms with Crippen molar-refractivity contribution in [2.75, 3.05) is 39.8 Å². The molecule has 0 aromatic rings. The van der Waals surface area contributed by atoms with Gasteiger partial charge in [0.05, 0.1) is 17.8 Å². The van der Waals surface area contributed by atoms with Gasteiger partial charge >= 0.3 is 5.97 Å². The molecule has 16 nitrogen and oxygen atoms in total. The van der Waals surface area contributed by atoms with E-state index in [1.165, 1.54) is 11.9 Å². The number of ether oxygens (including phenoxy) is 1. The number of unbranched alkanes of at least 4 members (excludes halogenated alkanes) is 3. The molecule has 1 heterocycles. The zero-order valence-electron chi connectivity index (χ0n) is 33.4. The molecule has 1 saturated heterocycles. The summed E-state index contributed by atoms with van der Waals surface area (Å²) >= 11 is 0. The number of carbonyl (C=O) groups is 7. The molecule has 2 rings (SSSR count). The molecule has 308 valence electrons. The number of nitrogens with zero attached hydrogens (tertiary/aromatic N) is 1. The van der Waals surface area contributed by atoms with Gasteiger partial charge in [0.15, 0.2) is 0 Å². The van der Waals surface area contributed by atoms with Gasteiger partial charge in [0.1, 0.15) is 30.8 Å². The van der Waals surface area contributed by atoms with Gasteiger partial charge in [-0.2, -0.15) is 0 Å². The summed E-state index contributed by atoms with van der Waals surface area (Å²) in [6, 6.07) is -2.99. The van der Waals surface area contributed by atoms with Crippen LogP contribution in [0.1, 0.15) is 105 Å². The summed E-state index contributed by atoms with van der Waals surface area (Å²) in [6.45, 7) is 10.0. The highest BCUT2D eigenvalue weighted by atomic mass is 16.5. The van der Waals surface area contributed by atoms with Gasteiger partial charge in [-0.1, -0.05) is 73.1 Å². The van der Waals surface area contributed by atoms with Crippen LogP contribution in [0.15, 0.2) is 0 Å². The molecule has 1 aliphatic heterocycles. The van der Waals surface area contributed by atoms with E-state index in [1.54, 1.807) is 13.8 Å². The van der Waals surface area contributed by atoms with Gasteiger partial charge in [0, 0.05) is 33.2 Å². The number of likely N-dealkylation sites (N-methyl/N-ethyl adjacent to an activating group) is 1. The summed E-state index contributed by atoms with van der Waals surface area (Å²) in [4.78, 5) is 92.8. The Morgan fingerprint density at radius 3 is 2.09 bits per heavy atom. The Balaban J connectivity index is 2.16. The second kappa shape index (κ2) is 23.9. The summed E-state index contributed by atoms with van der Waals surface area (Å²) < 4.78 is 5.83. The van der Waals surface area contributed by atoms with E-state index in [4.69, 9.17) is 16.2 Å². The van der Waals surface area contributed by atoms with Crippen molar-refractivity contribution in [1.29, 1.82) is 0 Å². The van der Waals surface area contributed by atoms with Crippen LogP contribution in [0.4, 0.5) is 0 Å². The van der Waals surface area contributed by atoms with Gasteiger partial charge in [0.25, 0.3) is 0 Å². The van der Waals surface area contributed by atoms with Crippen molar-refractivity contribution < 1.29 is 38.3 Å². The highest BCUT2D eigenvalue weighted by molar-refractivity contribution is 5.94. The maximum Gasteiger partial charge on any atom is 0.325 e. The average molecular weight is 765 g/mol. The highest BCUT2D eigenvalue weighted by Crippen LogP contribution is 2.28. The minimum Gasteiger partial charge on any atom is -0.460 e. The van der Waals surface area contributed by atoms with Gasteiger partial charge in [-0.15, -0.1) is 0 Å². The molecule has 0 aromatic heterocycles. The number of nitrogens with two attached hydrogens (primary N) is 2. The van der Waals surface area contributed by atoms with Crippen molar-refractivity contribution in [3.8, 4) is 0 Å². The number of amides is 6. The molecule has 16 heteroatoms. The molecule has 0 aromatic carbocycles. The van der Waals surface area contributed by atoms with Crippen molar-refractivity contribution in [2.45, 2.75) is 129 Å². The summed E-state index contributed by atoms with van der Waals surface area (Å²) in [7, 11) is 1.54. The monoisotopic (exact) mass is 765 g/mol. The number of esters is 1. The number of nitrogens with one attached hydrogen (secondary N) is 5. The van der Waals surface area contributed by atoms with E-state index in [1.807, 2.05) is 13.8 Å². The first-order chi connectivity index (χ1) is 25.6. The summed E-state index contributed by atoms with van der Waals surface area (Å²) in [5, 5.41) is 13.9. The third kappa shape index (κ3) is 15.2. The highest BCUT2D eigenvalue weighted by Gasteiger charge is 2.38. The smallest absolute Gasteiger partial charge is 0.325 e. The van der Waals surface area contributed by atoms with Crippen LogP contribution in [-0.4, -0.2) is 110 Å². The maximum absolute atomic E-state index is 14.1. The van der Waals surface area contributed by atoms with E-state index < -0.39 is 78.1 Å². The van der Waals surface area contributed by atoms with Crippen molar-refractivity contribution in [1.82, 2.24) is 31.5 Å². The zero-order valence-corrected chi connectivity index (χ0v) is 33.4. The molecular formula is C38H68N8O8. The van der Waals surface area contributed by atoms with Crippen molar-refractivity contribution in [3.63, 3.8) is 0 Å². The predicted octanol–water partition coefficient (Wildman–Crippen LogP) is 0.460. The molecule has 54 heavy (non-hydrogen) atoms. The van der Waals surface area contributed by atoms with Crippen LogP contribution in [0.25, 0.3) is 0 Å². The van der Waals surface area contributed by atoms with Gasteiger partial charge in [0.2, 0.25) is 35.4 Å². The van der Waals surface area contributed by atoms with Crippen LogP contribution in [0.3, 0.4) is 0 Å². The average Bonchev–Trinajstić information content (AvgIpc) is 3.12. The second-order valence-electron chi connectivity index (χ2n) is 15.6. The molecule has 0 unspecified atom stereocenters. The van der Waals surface area contributed by atoms with Crippen LogP contribution >= 0.6 is 0 Å². The second-order valence-corrected chi connectivity index (χ2v) is 15.6. The number of rotatable bonds is 24. The van der Waals surface area contributed by atoms with E-state index in [9.17, 15) is 33.6 Å². The fourth-order valence-electron chi connectivity index (χ4n) is 6.84. The number of hydrogen-bond acceptors (Lipinski definition) is 10. The van der Waals surface area contributed by atoms with Gasteiger partial charge in [-0.3, -0.25) is 33.6 Å². The minimum absolute atomic E-state index is 0.00181. The Labute approximate surface area is 321 Å². The van der Waals surface area contributed by atoms with Crippen LogP contribution < -0.4 is 38.1 Å². The first-order valence-corrected chi connectivity index (χ1v) is 19.9. The Morgan fingerprint density at radius 2 is 1.54 bits per heavy atom. The zero-order chi connectivity index (χ0) is 40.4. The van der Waals surface area contributed by atoms with Crippen LogP contribution in [0, 0.1) is 29.6 Å². The first kappa shape index (κ1) is 46.4. The van der Waals surface area contributed by atoms with Gasteiger partial charge in [-0.25, -0.2) is 0 Å². The topological polar surface area (TPSA) is 244 Å². The number of carbonyl (C=O) groups excluding carboxylic acids is 7. The molecule has 2 aliphatic rings. The third-order valence-electron chi connectivity index (χ3n) is 10.6. The number of primary amides is 1. The molecular weight excluding hydrogens is 696 g/mol.